The summed E-state index contributed by atoms with van der Waals surface area (Å²) in [5.41, 5.74) is 2.41. The average Bonchev–Trinajstić information content (AvgIpc) is 2.82. The minimum atomic E-state index is -1.07. The van der Waals surface area contributed by atoms with Gasteiger partial charge in [0.2, 0.25) is 11.7 Å². The third-order valence-corrected chi connectivity index (χ3v) is 3.34. The molecule has 90 valence electrons. The van der Waals surface area contributed by atoms with Crippen molar-refractivity contribution in [3.05, 3.63) is 27.8 Å². The molecular weight excluding hydrogens is 238 g/mol. The fourth-order valence-corrected chi connectivity index (χ4v) is 2.39. The first-order chi connectivity index (χ1) is 8.00. The maximum absolute atomic E-state index is 11.1. The standard InChI is InChI=1S/C12H13NO3S/c1-6(2)9-10(12(14)15)16-11(13-9)8-5-17-4-7(8)3/h4-6H,1-3H3,(H,14,15). The number of carboxylic acid groups (broad SMARTS) is 1. The van der Waals surface area contributed by atoms with E-state index in [1.807, 2.05) is 31.5 Å². The molecule has 0 radical (unpaired) electrons. The summed E-state index contributed by atoms with van der Waals surface area (Å²) in [6.07, 6.45) is 0. The largest absolute Gasteiger partial charge is 0.475 e. The van der Waals surface area contributed by atoms with Crippen molar-refractivity contribution in [1.82, 2.24) is 4.98 Å². The fraction of sp³-hybridized carbons (Fsp3) is 0.333. The Kier molecular flexibility index (Phi) is 3.02. The smallest absolute Gasteiger partial charge is 0.373 e. The lowest BCUT2D eigenvalue weighted by molar-refractivity contribution is 0.0661. The highest BCUT2D eigenvalue weighted by atomic mass is 32.1. The lowest BCUT2D eigenvalue weighted by Crippen LogP contribution is -2.01. The number of carboxylic acids is 1. The second-order valence-electron chi connectivity index (χ2n) is 4.16. The summed E-state index contributed by atoms with van der Waals surface area (Å²) in [5, 5.41) is 13.0. The van der Waals surface area contributed by atoms with Crippen LogP contribution in [-0.4, -0.2) is 16.1 Å². The molecule has 0 atom stereocenters. The van der Waals surface area contributed by atoms with Crippen LogP contribution in [0, 0.1) is 6.92 Å². The molecule has 2 aromatic heterocycles. The quantitative estimate of drug-likeness (QED) is 0.906. The van der Waals surface area contributed by atoms with Crippen molar-refractivity contribution < 1.29 is 14.3 Å². The maximum Gasteiger partial charge on any atom is 0.373 e. The number of oxazole rings is 1. The van der Waals surface area contributed by atoms with E-state index in [-0.39, 0.29) is 11.7 Å². The van der Waals surface area contributed by atoms with Crippen molar-refractivity contribution >= 4 is 17.3 Å². The lowest BCUT2D eigenvalue weighted by Gasteiger charge is -1.98. The molecule has 2 rings (SSSR count). The Hall–Kier alpha value is -1.62. The second-order valence-corrected chi connectivity index (χ2v) is 4.91. The SMILES string of the molecule is Cc1cscc1-c1nc(C(C)C)c(C(=O)O)o1. The van der Waals surface area contributed by atoms with E-state index in [0.717, 1.165) is 11.1 Å². The minimum absolute atomic E-state index is 0.0255. The third kappa shape index (κ3) is 2.10. The molecule has 1 N–H and O–H groups in total. The van der Waals surface area contributed by atoms with Crippen LogP contribution in [0.2, 0.25) is 0 Å². The molecule has 0 bridgehead atoms. The van der Waals surface area contributed by atoms with E-state index in [1.165, 1.54) is 0 Å². The van der Waals surface area contributed by atoms with Gasteiger partial charge in [-0.15, -0.1) is 0 Å². The molecule has 0 saturated heterocycles. The van der Waals surface area contributed by atoms with Gasteiger partial charge >= 0.3 is 5.97 Å². The molecule has 0 fully saturated rings. The van der Waals surface area contributed by atoms with Gasteiger partial charge in [0.1, 0.15) is 0 Å². The highest BCUT2D eigenvalue weighted by Gasteiger charge is 2.23. The second kappa shape index (κ2) is 4.33. The molecule has 5 heteroatoms. The monoisotopic (exact) mass is 251 g/mol. The summed E-state index contributed by atoms with van der Waals surface area (Å²) in [6, 6.07) is 0. The Balaban J connectivity index is 2.55. The molecule has 2 heterocycles. The molecule has 4 nitrogen and oxygen atoms in total. The zero-order valence-electron chi connectivity index (χ0n) is 9.85. The van der Waals surface area contributed by atoms with Gasteiger partial charge in [0.05, 0.1) is 11.3 Å². The normalized spacial score (nSPS) is 11.1. The predicted octanol–water partition coefficient (Wildman–Crippen LogP) is 3.53. The zero-order chi connectivity index (χ0) is 12.6. The first-order valence-corrected chi connectivity index (χ1v) is 6.22. The topological polar surface area (TPSA) is 63.3 Å². The van der Waals surface area contributed by atoms with E-state index in [1.54, 1.807) is 11.3 Å². The van der Waals surface area contributed by atoms with Gasteiger partial charge in [-0.1, -0.05) is 13.8 Å². The van der Waals surface area contributed by atoms with Gasteiger partial charge in [0, 0.05) is 5.38 Å². The summed E-state index contributed by atoms with van der Waals surface area (Å²) >= 11 is 1.55. The van der Waals surface area contributed by atoms with Crippen molar-refractivity contribution in [2.24, 2.45) is 0 Å². The van der Waals surface area contributed by atoms with Gasteiger partial charge in [-0.3, -0.25) is 0 Å². The van der Waals surface area contributed by atoms with Gasteiger partial charge in [-0.2, -0.15) is 11.3 Å². The number of aromatic nitrogens is 1. The Morgan fingerprint density at radius 2 is 2.18 bits per heavy atom. The van der Waals surface area contributed by atoms with Gasteiger partial charge in [0.15, 0.2) is 0 Å². The van der Waals surface area contributed by atoms with Crippen LogP contribution in [0.3, 0.4) is 0 Å². The number of rotatable bonds is 3. The van der Waals surface area contributed by atoms with Crippen LogP contribution in [0.4, 0.5) is 0 Å². The summed E-state index contributed by atoms with van der Waals surface area (Å²) in [5.74, 6) is -0.705. The number of hydrogen-bond acceptors (Lipinski definition) is 4. The number of aromatic carboxylic acids is 1. The van der Waals surface area contributed by atoms with Crippen molar-refractivity contribution in [3.8, 4) is 11.5 Å². The predicted molar refractivity (Wildman–Crippen MR) is 65.6 cm³/mol. The number of nitrogens with zero attached hydrogens (tertiary/aromatic N) is 1. The Morgan fingerprint density at radius 3 is 2.59 bits per heavy atom. The van der Waals surface area contributed by atoms with Crippen LogP contribution in [0.25, 0.3) is 11.5 Å². The van der Waals surface area contributed by atoms with E-state index < -0.39 is 5.97 Å². The van der Waals surface area contributed by atoms with Crippen LogP contribution >= 0.6 is 11.3 Å². The van der Waals surface area contributed by atoms with Gasteiger partial charge in [-0.25, -0.2) is 9.78 Å². The van der Waals surface area contributed by atoms with Gasteiger partial charge in [0.25, 0.3) is 0 Å². The fourth-order valence-electron chi connectivity index (χ4n) is 1.57. The summed E-state index contributed by atoms with van der Waals surface area (Å²) in [4.78, 5) is 15.4. The van der Waals surface area contributed by atoms with E-state index >= 15 is 0 Å². The molecular formula is C12H13NO3S. The van der Waals surface area contributed by atoms with Crippen molar-refractivity contribution in [2.45, 2.75) is 26.7 Å². The van der Waals surface area contributed by atoms with E-state index in [0.29, 0.717) is 11.6 Å². The number of aryl methyl sites for hydroxylation is 1. The summed E-state index contributed by atoms with van der Waals surface area (Å²) in [6.45, 7) is 5.74. The van der Waals surface area contributed by atoms with Crippen LogP contribution < -0.4 is 0 Å². The van der Waals surface area contributed by atoms with Gasteiger partial charge in [-0.05, 0) is 23.8 Å². The van der Waals surface area contributed by atoms with Crippen LogP contribution in [0.5, 0.6) is 0 Å². The molecule has 0 aromatic carbocycles. The molecule has 0 spiro atoms. The van der Waals surface area contributed by atoms with Crippen LogP contribution in [-0.2, 0) is 0 Å². The molecule has 0 saturated carbocycles. The molecule has 0 aliphatic heterocycles. The molecule has 0 amide bonds. The van der Waals surface area contributed by atoms with Crippen LogP contribution in [0.1, 0.15) is 41.6 Å². The summed E-state index contributed by atoms with van der Waals surface area (Å²) < 4.78 is 5.36. The highest BCUT2D eigenvalue weighted by molar-refractivity contribution is 7.08. The average molecular weight is 251 g/mol. The Morgan fingerprint density at radius 1 is 1.47 bits per heavy atom. The zero-order valence-corrected chi connectivity index (χ0v) is 10.7. The molecule has 0 aliphatic carbocycles. The molecule has 0 aliphatic rings. The maximum atomic E-state index is 11.1. The minimum Gasteiger partial charge on any atom is -0.475 e. The van der Waals surface area contributed by atoms with Crippen molar-refractivity contribution in [2.75, 3.05) is 0 Å². The Bertz CT molecular complexity index is 554. The first kappa shape index (κ1) is 11.9. The summed E-state index contributed by atoms with van der Waals surface area (Å²) in [7, 11) is 0. The van der Waals surface area contributed by atoms with Crippen molar-refractivity contribution in [3.63, 3.8) is 0 Å². The Labute approximate surface area is 103 Å². The van der Waals surface area contributed by atoms with E-state index in [4.69, 9.17) is 9.52 Å². The van der Waals surface area contributed by atoms with Crippen LogP contribution in [0.15, 0.2) is 15.2 Å². The molecule has 17 heavy (non-hydrogen) atoms. The lowest BCUT2D eigenvalue weighted by atomic mass is 10.1. The third-order valence-electron chi connectivity index (χ3n) is 2.48. The number of carbonyl (C=O) groups is 1. The number of hydrogen-bond donors (Lipinski definition) is 1. The van der Waals surface area contributed by atoms with Crippen molar-refractivity contribution in [1.29, 1.82) is 0 Å². The molecule has 0 unspecified atom stereocenters. The highest BCUT2D eigenvalue weighted by Crippen LogP contribution is 2.30. The van der Waals surface area contributed by atoms with E-state index in [9.17, 15) is 4.79 Å². The number of thiophene rings is 1. The van der Waals surface area contributed by atoms with Gasteiger partial charge < -0.3 is 9.52 Å². The molecule has 2 aromatic rings. The van der Waals surface area contributed by atoms with E-state index in [2.05, 4.69) is 4.98 Å². The first-order valence-electron chi connectivity index (χ1n) is 5.28.